The summed E-state index contributed by atoms with van der Waals surface area (Å²) in [6, 6.07) is 0. The number of carbonyl (C=O) groups excluding carboxylic acids is 2. The predicted octanol–water partition coefficient (Wildman–Crippen LogP) is 0.877. The fourth-order valence-electron chi connectivity index (χ4n) is 0.680. The average molecular weight is 198 g/mol. The Kier molecular flexibility index (Phi) is 7.36. The van der Waals surface area contributed by atoms with Gasteiger partial charge in [0.25, 0.3) is 0 Å². The summed E-state index contributed by atoms with van der Waals surface area (Å²) >= 11 is 0. The molecule has 0 heterocycles. The molecule has 0 unspecified atom stereocenters. The molecule has 0 rings (SSSR count). The molecule has 0 amide bonds. The molecular weight excluding hydrogens is 184 g/mol. The van der Waals surface area contributed by atoms with Crippen LogP contribution >= 0.6 is 0 Å². The molecule has 78 valence electrons. The third-order valence-corrected chi connectivity index (χ3v) is 1.25. The van der Waals surface area contributed by atoms with Crippen molar-refractivity contribution in [3.63, 3.8) is 0 Å². The molecule has 0 spiro atoms. The van der Waals surface area contributed by atoms with Crippen LogP contribution in [0.4, 0.5) is 0 Å². The first-order chi connectivity index (χ1) is 6.70. The van der Waals surface area contributed by atoms with Gasteiger partial charge in [0, 0.05) is 7.11 Å². The van der Waals surface area contributed by atoms with Crippen molar-refractivity contribution in [1.82, 2.24) is 0 Å². The van der Waals surface area contributed by atoms with Gasteiger partial charge in [0.15, 0.2) is 5.78 Å². The van der Waals surface area contributed by atoms with Crippen molar-refractivity contribution in [2.45, 2.75) is 6.42 Å². The van der Waals surface area contributed by atoms with E-state index >= 15 is 0 Å². The number of hydrogen-bond donors (Lipinski definition) is 0. The van der Waals surface area contributed by atoms with E-state index in [1.54, 1.807) is 6.08 Å². The lowest BCUT2D eigenvalue weighted by Crippen LogP contribution is -2.09. The molecule has 0 aromatic carbocycles. The molecule has 0 fully saturated rings. The molecular formula is C10H14O4. The van der Waals surface area contributed by atoms with Crippen molar-refractivity contribution in [2.75, 3.05) is 20.3 Å². The molecule has 0 saturated heterocycles. The smallest absolute Gasteiger partial charge is 0.313 e. The first-order valence-electron chi connectivity index (χ1n) is 4.15. The van der Waals surface area contributed by atoms with Gasteiger partial charge in [-0.25, -0.2) is 0 Å². The largest absolute Gasteiger partial charge is 0.461 e. The molecule has 0 aliphatic heterocycles. The Labute approximate surface area is 83.2 Å². The quantitative estimate of drug-likeness (QED) is 0.264. The SMILES string of the molecule is C=CCOC(=O)CC(=O)/C=C/COC. The Bertz CT molecular complexity index is 230. The molecule has 0 N–H and O–H groups in total. The fourth-order valence-corrected chi connectivity index (χ4v) is 0.680. The molecule has 0 aromatic heterocycles. The highest BCUT2D eigenvalue weighted by Crippen LogP contribution is 1.91. The zero-order valence-corrected chi connectivity index (χ0v) is 8.19. The topological polar surface area (TPSA) is 52.6 Å². The van der Waals surface area contributed by atoms with Gasteiger partial charge in [0.1, 0.15) is 13.0 Å². The van der Waals surface area contributed by atoms with Gasteiger partial charge in [-0.3, -0.25) is 9.59 Å². The maximum absolute atomic E-state index is 11.0. The predicted molar refractivity (Wildman–Crippen MR) is 51.8 cm³/mol. The van der Waals surface area contributed by atoms with Crippen LogP contribution < -0.4 is 0 Å². The van der Waals surface area contributed by atoms with Gasteiger partial charge >= 0.3 is 5.97 Å². The van der Waals surface area contributed by atoms with Crippen molar-refractivity contribution in [3.05, 3.63) is 24.8 Å². The van der Waals surface area contributed by atoms with Gasteiger partial charge in [0.2, 0.25) is 0 Å². The molecule has 14 heavy (non-hydrogen) atoms. The van der Waals surface area contributed by atoms with Crippen molar-refractivity contribution in [3.8, 4) is 0 Å². The zero-order chi connectivity index (χ0) is 10.8. The van der Waals surface area contributed by atoms with Crippen LogP contribution in [0.2, 0.25) is 0 Å². The van der Waals surface area contributed by atoms with Gasteiger partial charge in [-0.1, -0.05) is 18.7 Å². The number of esters is 1. The van der Waals surface area contributed by atoms with Crippen molar-refractivity contribution in [1.29, 1.82) is 0 Å². The second kappa shape index (κ2) is 8.19. The number of ether oxygens (including phenoxy) is 2. The van der Waals surface area contributed by atoms with Crippen LogP contribution in [0.25, 0.3) is 0 Å². The maximum atomic E-state index is 11.0. The molecule has 4 heteroatoms. The second-order valence-corrected chi connectivity index (χ2v) is 2.47. The lowest BCUT2D eigenvalue weighted by molar-refractivity contribution is -0.144. The Hall–Kier alpha value is -1.42. The number of hydrogen-bond acceptors (Lipinski definition) is 4. The minimum absolute atomic E-state index is 0.133. The van der Waals surface area contributed by atoms with Crippen LogP contribution in [0, 0.1) is 0 Å². The van der Waals surface area contributed by atoms with Gasteiger partial charge in [-0.15, -0.1) is 0 Å². The maximum Gasteiger partial charge on any atom is 0.313 e. The van der Waals surface area contributed by atoms with Crippen LogP contribution in [-0.2, 0) is 19.1 Å². The minimum Gasteiger partial charge on any atom is -0.461 e. The lowest BCUT2D eigenvalue weighted by atomic mass is 10.2. The number of rotatable bonds is 7. The van der Waals surface area contributed by atoms with E-state index in [0.717, 1.165) is 0 Å². The molecule has 0 radical (unpaired) electrons. The van der Waals surface area contributed by atoms with E-state index in [9.17, 15) is 9.59 Å². The van der Waals surface area contributed by atoms with E-state index in [2.05, 4.69) is 11.3 Å². The van der Waals surface area contributed by atoms with Gasteiger partial charge < -0.3 is 9.47 Å². The third kappa shape index (κ3) is 7.24. The highest BCUT2D eigenvalue weighted by Gasteiger charge is 2.06. The van der Waals surface area contributed by atoms with Crippen molar-refractivity contribution >= 4 is 11.8 Å². The zero-order valence-electron chi connectivity index (χ0n) is 8.19. The molecule has 4 nitrogen and oxygen atoms in total. The van der Waals surface area contributed by atoms with E-state index in [0.29, 0.717) is 6.61 Å². The summed E-state index contributed by atoms with van der Waals surface area (Å²) in [5.41, 5.74) is 0. The number of allylic oxidation sites excluding steroid dienone is 1. The normalized spacial score (nSPS) is 10.1. The summed E-state index contributed by atoms with van der Waals surface area (Å²) in [5.74, 6) is -0.840. The first kappa shape index (κ1) is 12.6. The number of ketones is 1. The van der Waals surface area contributed by atoms with Gasteiger partial charge in [-0.05, 0) is 6.08 Å². The van der Waals surface area contributed by atoms with Gasteiger partial charge in [-0.2, -0.15) is 0 Å². The van der Waals surface area contributed by atoms with Crippen LogP contribution in [0.1, 0.15) is 6.42 Å². The number of methoxy groups -OCH3 is 1. The van der Waals surface area contributed by atoms with E-state index in [1.165, 1.54) is 19.3 Å². The second-order valence-electron chi connectivity index (χ2n) is 2.47. The summed E-state index contributed by atoms with van der Waals surface area (Å²) in [6.45, 7) is 3.87. The average Bonchev–Trinajstić information content (AvgIpc) is 2.15. The summed E-state index contributed by atoms with van der Waals surface area (Å²) in [5, 5.41) is 0. The standard InChI is InChI=1S/C10H14O4/c1-3-6-14-10(12)8-9(11)5-4-7-13-2/h3-5H,1,6-8H2,2H3/b5-4+. The minimum atomic E-state index is -0.544. The van der Waals surface area contributed by atoms with Crippen LogP contribution in [0.15, 0.2) is 24.8 Å². The summed E-state index contributed by atoms with van der Waals surface area (Å²) in [7, 11) is 1.52. The Morgan fingerprint density at radius 3 is 2.64 bits per heavy atom. The van der Waals surface area contributed by atoms with E-state index in [4.69, 9.17) is 4.74 Å². The Morgan fingerprint density at radius 2 is 2.07 bits per heavy atom. The van der Waals surface area contributed by atoms with Crippen molar-refractivity contribution in [2.24, 2.45) is 0 Å². The van der Waals surface area contributed by atoms with Crippen LogP contribution in [0.3, 0.4) is 0 Å². The monoisotopic (exact) mass is 198 g/mol. The summed E-state index contributed by atoms with van der Waals surface area (Å²) in [6.07, 6.45) is 4.05. The molecule has 0 bridgehead atoms. The van der Waals surface area contributed by atoms with Gasteiger partial charge in [0.05, 0.1) is 6.61 Å². The third-order valence-electron chi connectivity index (χ3n) is 1.25. The molecule has 0 atom stereocenters. The molecule has 0 aliphatic rings. The highest BCUT2D eigenvalue weighted by molar-refractivity contribution is 6.01. The van der Waals surface area contributed by atoms with E-state index in [1.807, 2.05) is 0 Å². The Morgan fingerprint density at radius 1 is 1.36 bits per heavy atom. The molecule has 0 aliphatic carbocycles. The number of carbonyl (C=O) groups is 2. The van der Waals surface area contributed by atoms with E-state index < -0.39 is 5.97 Å². The highest BCUT2D eigenvalue weighted by atomic mass is 16.5. The van der Waals surface area contributed by atoms with E-state index in [-0.39, 0.29) is 18.8 Å². The lowest BCUT2D eigenvalue weighted by Gasteiger charge is -1.98. The summed E-state index contributed by atoms with van der Waals surface area (Å²) < 4.78 is 9.32. The van der Waals surface area contributed by atoms with Crippen molar-refractivity contribution < 1.29 is 19.1 Å². The molecule has 0 aromatic rings. The van der Waals surface area contributed by atoms with Crippen LogP contribution in [-0.4, -0.2) is 32.1 Å². The summed E-state index contributed by atoms with van der Waals surface area (Å²) in [4.78, 5) is 21.9. The Balaban J connectivity index is 3.70. The first-order valence-corrected chi connectivity index (χ1v) is 4.15. The fraction of sp³-hybridized carbons (Fsp3) is 0.400. The molecule has 0 saturated carbocycles. The van der Waals surface area contributed by atoms with Crippen LogP contribution in [0.5, 0.6) is 0 Å².